The molecule has 2 aliphatic heterocycles. The van der Waals surface area contributed by atoms with E-state index in [-0.39, 0.29) is 21.0 Å². The summed E-state index contributed by atoms with van der Waals surface area (Å²) in [5.41, 5.74) is 3.88. The highest BCUT2D eigenvalue weighted by Crippen LogP contribution is 2.22. The van der Waals surface area contributed by atoms with E-state index in [1.807, 2.05) is 6.21 Å². The molecule has 3 rings (SSSR count). The predicted octanol–water partition coefficient (Wildman–Crippen LogP) is 3.30. The highest BCUT2D eigenvalue weighted by molar-refractivity contribution is 14.2. The highest BCUT2D eigenvalue weighted by Gasteiger charge is 2.19. The minimum absolute atomic E-state index is 0.312. The number of rotatable bonds is 4. The highest BCUT2D eigenvalue weighted by atomic mass is 127. The van der Waals surface area contributed by atoms with Gasteiger partial charge in [-0.2, -0.15) is 0 Å². The van der Waals surface area contributed by atoms with Crippen LogP contribution >= 0.6 is 33.2 Å². The molecule has 1 fully saturated rings. The summed E-state index contributed by atoms with van der Waals surface area (Å²) in [6, 6.07) is 8.65. The summed E-state index contributed by atoms with van der Waals surface area (Å²) in [5, 5.41) is 0. The van der Waals surface area contributed by atoms with E-state index in [0.717, 1.165) is 44.8 Å². The molecule has 2 aliphatic rings. The first-order chi connectivity index (χ1) is 10.9. The van der Waals surface area contributed by atoms with Crippen LogP contribution in [0.4, 0.5) is 11.4 Å². The molecule has 0 unspecified atom stereocenters. The van der Waals surface area contributed by atoms with E-state index in [1.54, 1.807) is 0 Å². The number of thiocarbonyl (C=S) groups is 1. The van der Waals surface area contributed by atoms with Gasteiger partial charge in [-0.3, -0.25) is 4.99 Å². The molecule has 4 nitrogen and oxygen atoms in total. The van der Waals surface area contributed by atoms with Gasteiger partial charge in [0.25, 0.3) is 0 Å². The van der Waals surface area contributed by atoms with Gasteiger partial charge in [0.15, 0.2) is 0 Å². The zero-order valence-electron chi connectivity index (χ0n) is 12.3. The molecule has 0 aromatic heterocycles. The van der Waals surface area contributed by atoms with Crippen LogP contribution in [-0.2, 0) is 0 Å². The second-order valence-corrected chi connectivity index (χ2v) is 7.80. The third-order valence-electron chi connectivity index (χ3n) is 3.98. The van der Waals surface area contributed by atoms with Crippen molar-refractivity contribution >= 4 is 53.8 Å². The molecule has 0 atom stereocenters. The number of nitrogens with zero attached hydrogens (tertiary/aromatic N) is 3. The van der Waals surface area contributed by atoms with Gasteiger partial charge in [-0.05, 0) is 42.6 Å². The Labute approximate surface area is 147 Å². The lowest BCUT2D eigenvalue weighted by molar-refractivity contribution is 0.312. The minimum Gasteiger partial charge on any atom is -0.371 e. The predicted molar refractivity (Wildman–Crippen MR) is 107 cm³/mol. The van der Waals surface area contributed by atoms with Gasteiger partial charge in [0.2, 0.25) is 0 Å². The molecular weight excluding hydrogens is 407 g/mol. The lowest BCUT2D eigenvalue weighted by atomic mass is 10.2. The number of allylic oxidation sites excluding steroid dienone is 1. The van der Waals surface area contributed by atoms with E-state index in [9.17, 15) is 0 Å². The molecule has 0 radical (unpaired) electrons. The van der Waals surface area contributed by atoms with Gasteiger partial charge in [0.1, 0.15) is 0 Å². The van der Waals surface area contributed by atoms with E-state index in [4.69, 9.17) is 12.2 Å². The maximum absolute atomic E-state index is 4.76. The maximum Gasteiger partial charge on any atom is 0.0641 e. The summed E-state index contributed by atoms with van der Waals surface area (Å²) in [4.78, 5) is 9.21. The number of hydrogen-bond donors (Lipinski definition) is 1. The van der Waals surface area contributed by atoms with Crippen LogP contribution in [0.2, 0.25) is 0 Å². The van der Waals surface area contributed by atoms with Crippen LogP contribution in [0.25, 0.3) is 0 Å². The topological polar surface area (TPSA) is 30.9 Å². The first-order valence-electron chi connectivity index (χ1n) is 7.42. The Bertz CT molecular complexity index is 612. The van der Waals surface area contributed by atoms with Crippen LogP contribution in [0.5, 0.6) is 0 Å². The fourth-order valence-corrected chi connectivity index (χ4v) is 3.84. The third kappa shape index (κ3) is 3.94. The molecule has 22 heavy (non-hydrogen) atoms. The Kier molecular flexibility index (Phi) is 5.58. The number of hydrogen-bond acceptors (Lipinski definition) is 5. The van der Waals surface area contributed by atoms with Gasteiger partial charge in [0.05, 0.1) is 21.0 Å². The maximum atomic E-state index is 4.76. The number of benzene rings is 1. The van der Waals surface area contributed by atoms with E-state index in [0.29, 0.717) is 0 Å². The van der Waals surface area contributed by atoms with Crippen molar-refractivity contribution in [2.24, 2.45) is 4.99 Å². The monoisotopic (exact) mass is 426 g/mol. The lowest BCUT2D eigenvalue weighted by Gasteiger charge is -2.38. The largest absolute Gasteiger partial charge is 0.371 e. The van der Waals surface area contributed by atoms with Crippen LogP contribution in [0.3, 0.4) is 0 Å². The van der Waals surface area contributed by atoms with Crippen molar-refractivity contribution in [3.63, 3.8) is 0 Å². The molecule has 0 aliphatic carbocycles. The molecular formula is C16H19IN4S. The van der Waals surface area contributed by atoms with Crippen molar-refractivity contribution < 1.29 is 0 Å². The molecule has 0 saturated carbocycles. The summed E-state index contributed by atoms with van der Waals surface area (Å²) >= 11 is 4.44. The Morgan fingerprint density at radius 3 is 2.45 bits per heavy atom. The number of anilines is 2. The molecule has 1 N–H and O–H groups in total. The van der Waals surface area contributed by atoms with Crippen molar-refractivity contribution in [1.82, 2.24) is 4.90 Å². The zero-order valence-corrected chi connectivity index (χ0v) is 15.3. The summed E-state index contributed by atoms with van der Waals surface area (Å²) < 4.78 is 6.10. The zero-order chi connectivity index (χ0) is 15.2. The molecule has 116 valence electrons. The second-order valence-electron chi connectivity index (χ2n) is 5.25. The van der Waals surface area contributed by atoms with E-state index < -0.39 is 0 Å². The molecule has 0 spiro atoms. The van der Waals surface area contributed by atoms with Crippen LogP contribution in [0.15, 0.2) is 41.0 Å². The molecule has 1 saturated heterocycles. The van der Waals surface area contributed by atoms with Crippen molar-refractivity contribution in [3.8, 4) is 0 Å². The number of aliphatic imine (C=N–C) groups is 1. The van der Waals surface area contributed by atoms with Crippen molar-refractivity contribution in [2.45, 2.75) is 6.42 Å². The third-order valence-corrected chi connectivity index (χ3v) is 5.61. The first kappa shape index (κ1) is 15.6. The van der Waals surface area contributed by atoms with Crippen molar-refractivity contribution in [1.29, 1.82) is 0 Å². The Morgan fingerprint density at radius 2 is 1.82 bits per heavy atom. The fourth-order valence-electron chi connectivity index (χ4n) is 2.80. The lowest BCUT2D eigenvalue weighted by Crippen LogP contribution is -2.46. The minimum atomic E-state index is -0.312. The Balaban J connectivity index is 1.57. The van der Waals surface area contributed by atoms with Crippen molar-refractivity contribution in [3.05, 3.63) is 36.0 Å². The van der Waals surface area contributed by atoms with Gasteiger partial charge in [-0.25, -0.2) is 0 Å². The average molecular weight is 426 g/mol. The van der Waals surface area contributed by atoms with Crippen LogP contribution in [-0.4, -0.2) is 46.8 Å². The Hall–Kier alpha value is -1.24. The van der Waals surface area contributed by atoms with Crippen LogP contribution in [0.1, 0.15) is 6.42 Å². The summed E-state index contributed by atoms with van der Waals surface area (Å²) in [7, 11) is 0. The normalized spacial score (nSPS) is 17.9. The van der Waals surface area contributed by atoms with E-state index in [1.165, 1.54) is 11.4 Å². The molecule has 1 aromatic carbocycles. The number of piperazine rings is 1. The smallest absolute Gasteiger partial charge is 0.0641 e. The summed E-state index contributed by atoms with van der Waals surface area (Å²) in [6.07, 6.45) is 5.18. The number of halogens is 1. The molecule has 1 aromatic rings. The van der Waals surface area contributed by atoms with Gasteiger partial charge in [0, 0.05) is 65.4 Å². The van der Waals surface area contributed by atoms with Gasteiger partial charge in [-0.1, -0.05) is 0 Å². The molecule has 6 heteroatoms. The average Bonchev–Trinajstić information content (AvgIpc) is 2.61. The molecule has 2 heterocycles. The number of dihydropyridines is 1. The SMILES string of the molecule is S=C=INc1ccc(N2CCN(C3=CC=NCC3)CC2)cc1. The van der Waals surface area contributed by atoms with Crippen LogP contribution in [0, 0.1) is 0 Å². The summed E-state index contributed by atoms with van der Waals surface area (Å²) in [6.45, 7) is 5.25. The Morgan fingerprint density at radius 1 is 1.09 bits per heavy atom. The van der Waals surface area contributed by atoms with Gasteiger partial charge < -0.3 is 13.3 Å². The standard InChI is InChI=1S/C16H19IN4S/c22-13-17-19-14-1-3-15(4-2-14)20-9-11-21(12-10-20)16-5-7-18-8-6-16/h1-5,7,19H,6,8-12H2. The molecule has 0 amide bonds. The quantitative estimate of drug-likeness (QED) is 0.455. The van der Waals surface area contributed by atoms with E-state index in [2.05, 4.69) is 51.6 Å². The second kappa shape index (κ2) is 7.85. The summed E-state index contributed by atoms with van der Waals surface area (Å²) in [5.74, 6) is 0. The van der Waals surface area contributed by atoms with Crippen LogP contribution < -0.4 is 8.43 Å². The van der Waals surface area contributed by atoms with Gasteiger partial charge in [-0.15, -0.1) is 0 Å². The van der Waals surface area contributed by atoms with Gasteiger partial charge >= 0.3 is 0 Å². The fraction of sp³-hybridized carbons (Fsp3) is 0.375. The molecule has 0 bridgehead atoms. The van der Waals surface area contributed by atoms with Crippen molar-refractivity contribution in [2.75, 3.05) is 41.2 Å². The van der Waals surface area contributed by atoms with E-state index >= 15 is 0 Å². The first-order valence-corrected chi connectivity index (χ1v) is 9.98. The number of nitrogens with one attached hydrogen (secondary N) is 1.